The van der Waals surface area contributed by atoms with Crippen molar-refractivity contribution in [3.8, 4) is 11.5 Å². The van der Waals surface area contributed by atoms with Crippen molar-refractivity contribution in [3.63, 3.8) is 0 Å². The van der Waals surface area contributed by atoms with Gasteiger partial charge < -0.3 is 15.2 Å². The van der Waals surface area contributed by atoms with Gasteiger partial charge in [-0.3, -0.25) is 0 Å². The highest BCUT2D eigenvalue weighted by Crippen LogP contribution is 2.27. The molecule has 2 atom stereocenters. The lowest BCUT2D eigenvalue weighted by molar-refractivity contribution is 0.248. The van der Waals surface area contributed by atoms with Crippen LogP contribution >= 0.6 is 0 Å². The normalized spacial score (nSPS) is 13.8. The maximum absolute atomic E-state index is 6.06. The van der Waals surface area contributed by atoms with Gasteiger partial charge in [0.05, 0.1) is 13.7 Å². The van der Waals surface area contributed by atoms with E-state index < -0.39 is 0 Å². The van der Waals surface area contributed by atoms with E-state index in [1.165, 1.54) is 18.4 Å². The largest absolute Gasteiger partial charge is 0.497 e. The number of hydrogen-bond acceptors (Lipinski definition) is 3. The first-order valence-corrected chi connectivity index (χ1v) is 7.65. The van der Waals surface area contributed by atoms with Crippen molar-refractivity contribution in [2.24, 2.45) is 11.7 Å². The smallest absolute Gasteiger partial charge is 0.126 e. The Morgan fingerprint density at radius 3 is 2.60 bits per heavy atom. The fourth-order valence-corrected chi connectivity index (χ4v) is 2.20. The summed E-state index contributed by atoms with van der Waals surface area (Å²) >= 11 is 0. The topological polar surface area (TPSA) is 44.5 Å². The summed E-state index contributed by atoms with van der Waals surface area (Å²) in [5, 5.41) is 0. The number of rotatable bonds is 9. The summed E-state index contributed by atoms with van der Waals surface area (Å²) in [6.07, 6.45) is 4.19. The highest BCUT2D eigenvalue weighted by Gasteiger charge is 2.11. The molecule has 0 saturated heterocycles. The fourth-order valence-electron chi connectivity index (χ4n) is 2.20. The highest BCUT2D eigenvalue weighted by molar-refractivity contribution is 5.41. The van der Waals surface area contributed by atoms with E-state index >= 15 is 0 Å². The van der Waals surface area contributed by atoms with Crippen LogP contribution in [0.5, 0.6) is 11.5 Å². The first-order valence-electron chi connectivity index (χ1n) is 7.65. The van der Waals surface area contributed by atoms with E-state index in [0.717, 1.165) is 30.9 Å². The van der Waals surface area contributed by atoms with Crippen LogP contribution in [-0.4, -0.2) is 19.8 Å². The van der Waals surface area contributed by atoms with Crippen LogP contribution in [0.2, 0.25) is 0 Å². The van der Waals surface area contributed by atoms with Crippen molar-refractivity contribution in [1.82, 2.24) is 0 Å². The van der Waals surface area contributed by atoms with Gasteiger partial charge >= 0.3 is 0 Å². The average Bonchev–Trinajstić information content (AvgIpc) is 2.46. The van der Waals surface area contributed by atoms with E-state index in [0.29, 0.717) is 5.92 Å². The van der Waals surface area contributed by atoms with Crippen molar-refractivity contribution in [1.29, 1.82) is 0 Å². The molecule has 0 aliphatic carbocycles. The molecule has 0 bridgehead atoms. The maximum Gasteiger partial charge on any atom is 0.126 e. The third-order valence-electron chi connectivity index (χ3n) is 3.59. The molecule has 0 fully saturated rings. The second-order valence-electron chi connectivity index (χ2n) is 5.55. The van der Waals surface area contributed by atoms with E-state index in [2.05, 4.69) is 26.8 Å². The molecule has 1 aromatic rings. The summed E-state index contributed by atoms with van der Waals surface area (Å²) in [5.41, 5.74) is 7.23. The van der Waals surface area contributed by atoms with Crippen LogP contribution in [0.1, 0.15) is 45.6 Å². The van der Waals surface area contributed by atoms with Crippen LogP contribution in [0, 0.1) is 5.92 Å². The van der Waals surface area contributed by atoms with Crippen molar-refractivity contribution < 1.29 is 9.47 Å². The number of benzene rings is 1. The van der Waals surface area contributed by atoms with Crippen LogP contribution in [0.3, 0.4) is 0 Å². The standard InChI is InChI=1S/C17H29NO2/c1-5-7-13(3)12-20-17-11-16(19-4)9-8-14(17)10-15(18)6-2/h8-9,11,13,15H,5-7,10,12,18H2,1-4H3. The predicted octanol–water partition coefficient (Wildman–Crippen LogP) is 3.79. The van der Waals surface area contributed by atoms with E-state index in [1.54, 1.807) is 7.11 Å². The van der Waals surface area contributed by atoms with Gasteiger partial charge in [0.25, 0.3) is 0 Å². The zero-order valence-corrected chi connectivity index (χ0v) is 13.3. The zero-order valence-electron chi connectivity index (χ0n) is 13.3. The molecule has 2 N–H and O–H groups in total. The Bertz CT molecular complexity index is 393. The molecule has 114 valence electrons. The quantitative estimate of drug-likeness (QED) is 0.748. The second kappa shape index (κ2) is 8.85. The minimum Gasteiger partial charge on any atom is -0.497 e. The minimum absolute atomic E-state index is 0.179. The summed E-state index contributed by atoms with van der Waals surface area (Å²) in [7, 11) is 1.68. The molecule has 1 aromatic carbocycles. The number of hydrogen-bond donors (Lipinski definition) is 1. The van der Waals surface area contributed by atoms with Gasteiger partial charge in [0.2, 0.25) is 0 Å². The monoisotopic (exact) mass is 279 g/mol. The van der Waals surface area contributed by atoms with Gasteiger partial charge in [-0.2, -0.15) is 0 Å². The van der Waals surface area contributed by atoms with Crippen LogP contribution in [0.4, 0.5) is 0 Å². The van der Waals surface area contributed by atoms with Gasteiger partial charge in [0.1, 0.15) is 11.5 Å². The van der Waals surface area contributed by atoms with E-state index in [9.17, 15) is 0 Å². The predicted molar refractivity (Wildman–Crippen MR) is 84.5 cm³/mol. The molecule has 0 amide bonds. The van der Waals surface area contributed by atoms with E-state index in [-0.39, 0.29) is 6.04 Å². The number of methoxy groups -OCH3 is 1. The van der Waals surface area contributed by atoms with Crippen LogP contribution in [0.15, 0.2) is 18.2 Å². The van der Waals surface area contributed by atoms with Crippen LogP contribution in [0.25, 0.3) is 0 Å². The Hall–Kier alpha value is -1.22. The third kappa shape index (κ3) is 5.41. The lowest BCUT2D eigenvalue weighted by Crippen LogP contribution is -2.22. The molecule has 0 spiro atoms. The number of ether oxygens (including phenoxy) is 2. The summed E-state index contributed by atoms with van der Waals surface area (Å²) in [4.78, 5) is 0. The Kier molecular flexibility index (Phi) is 7.45. The minimum atomic E-state index is 0.179. The Labute approximate surface area is 123 Å². The maximum atomic E-state index is 6.06. The third-order valence-corrected chi connectivity index (χ3v) is 3.59. The Morgan fingerprint density at radius 2 is 2.00 bits per heavy atom. The molecular formula is C17H29NO2. The molecule has 0 aliphatic rings. The molecule has 0 aromatic heterocycles. The van der Waals surface area contributed by atoms with Crippen molar-refractivity contribution in [2.45, 2.75) is 52.5 Å². The lowest BCUT2D eigenvalue weighted by atomic mass is 10.0. The summed E-state index contributed by atoms with van der Waals surface area (Å²) in [6, 6.07) is 6.18. The fraction of sp³-hybridized carbons (Fsp3) is 0.647. The summed E-state index contributed by atoms with van der Waals surface area (Å²) in [5.74, 6) is 2.31. The molecule has 2 unspecified atom stereocenters. The second-order valence-corrected chi connectivity index (χ2v) is 5.55. The summed E-state index contributed by atoms with van der Waals surface area (Å²) in [6.45, 7) is 7.28. The SMILES string of the molecule is CCCC(C)COc1cc(OC)ccc1CC(N)CC. The molecule has 0 heterocycles. The highest BCUT2D eigenvalue weighted by atomic mass is 16.5. The zero-order chi connectivity index (χ0) is 15.0. The van der Waals surface area contributed by atoms with Crippen molar-refractivity contribution in [2.75, 3.05) is 13.7 Å². The number of nitrogens with two attached hydrogens (primary N) is 1. The van der Waals surface area contributed by atoms with Gasteiger partial charge in [-0.15, -0.1) is 0 Å². The van der Waals surface area contributed by atoms with Gasteiger partial charge in [-0.1, -0.05) is 33.3 Å². The van der Waals surface area contributed by atoms with Gasteiger partial charge in [-0.05, 0) is 36.8 Å². The Balaban J connectivity index is 2.77. The lowest BCUT2D eigenvalue weighted by Gasteiger charge is -2.17. The van der Waals surface area contributed by atoms with Gasteiger partial charge in [0, 0.05) is 12.1 Å². The van der Waals surface area contributed by atoms with Crippen molar-refractivity contribution in [3.05, 3.63) is 23.8 Å². The molecule has 0 aliphatic heterocycles. The van der Waals surface area contributed by atoms with Gasteiger partial charge in [0.15, 0.2) is 0 Å². The molecule has 0 saturated carbocycles. The van der Waals surface area contributed by atoms with Crippen LogP contribution in [-0.2, 0) is 6.42 Å². The molecule has 3 heteroatoms. The molecule has 0 radical (unpaired) electrons. The van der Waals surface area contributed by atoms with Gasteiger partial charge in [-0.25, -0.2) is 0 Å². The first-order chi connectivity index (χ1) is 9.60. The molecular weight excluding hydrogens is 250 g/mol. The van der Waals surface area contributed by atoms with Crippen LogP contribution < -0.4 is 15.2 Å². The molecule has 3 nitrogen and oxygen atoms in total. The van der Waals surface area contributed by atoms with E-state index in [4.69, 9.17) is 15.2 Å². The Morgan fingerprint density at radius 1 is 1.25 bits per heavy atom. The van der Waals surface area contributed by atoms with Crippen molar-refractivity contribution >= 4 is 0 Å². The molecule has 1 rings (SSSR count). The van der Waals surface area contributed by atoms with E-state index in [1.807, 2.05) is 12.1 Å². The first kappa shape index (κ1) is 16.8. The average molecular weight is 279 g/mol. The summed E-state index contributed by atoms with van der Waals surface area (Å²) < 4.78 is 11.3. The molecule has 20 heavy (non-hydrogen) atoms.